The first-order chi connectivity index (χ1) is 9.60. The minimum Gasteiger partial charge on any atom is -0.350 e. The van der Waals surface area contributed by atoms with Crippen LogP contribution >= 0.6 is 0 Å². The Morgan fingerprint density at radius 2 is 2.20 bits per heavy atom. The Morgan fingerprint density at radius 1 is 1.40 bits per heavy atom. The second kappa shape index (κ2) is 6.55. The molecule has 1 heterocycles. The SMILES string of the molecule is CCCCCC(C)NC(=O)c1ccc2c(c1)NC(=O)C2. The molecule has 0 saturated carbocycles. The second-order valence-corrected chi connectivity index (χ2v) is 5.47. The summed E-state index contributed by atoms with van der Waals surface area (Å²) in [5, 5.41) is 5.77. The van der Waals surface area contributed by atoms with Gasteiger partial charge in [0.15, 0.2) is 0 Å². The molecule has 4 heteroatoms. The van der Waals surface area contributed by atoms with Crippen molar-refractivity contribution in [1.82, 2.24) is 5.32 Å². The van der Waals surface area contributed by atoms with Crippen LogP contribution in [-0.2, 0) is 11.2 Å². The highest BCUT2D eigenvalue weighted by molar-refractivity contribution is 6.02. The molecule has 0 bridgehead atoms. The number of amides is 2. The minimum atomic E-state index is -0.0713. The maximum atomic E-state index is 12.1. The number of fused-ring (bicyclic) bond motifs is 1. The van der Waals surface area contributed by atoms with Crippen molar-refractivity contribution in [3.8, 4) is 0 Å². The molecule has 1 aromatic rings. The molecule has 1 aromatic carbocycles. The lowest BCUT2D eigenvalue weighted by molar-refractivity contribution is -0.115. The average molecular weight is 274 g/mol. The number of unbranched alkanes of at least 4 members (excludes halogenated alkanes) is 2. The van der Waals surface area contributed by atoms with Gasteiger partial charge in [0.25, 0.3) is 5.91 Å². The summed E-state index contributed by atoms with van der Waals surface area (Å²) < 4.78 is 0. The molecule has 0 aromatic heterocycles. The maximum absolute atomic E-state index is 12.1. The largest absolute Gasteiger partial charge is 0.350 e. The van der Waals surface area contributed by atoms with E-state index in [0.29, 0.717) is 12.0 Å². The van der Waals surface area contributed by atoms with Gasteiger partial charge in [0, 0.05) is 17.3 Å². The van der Waals surface area contributed by atoms with Crippen LogP contribution in [0.3, 0.4) is 0 Å². The summed E-state index contributed by atoms with van der Waals surface area (Å²) in [7, 11) is 0. The van der Waals surface area contributed by atoms with Crippen LogP contribution in [0.2, 0.25) is 0 Å². The van der Waals surface area contributed by atoms with Gasteiger partial charge < -0.3 is 10.6 Å². The number of rotatable bonds is 6. The van der Waals surface area contributed by atoms with Crippen LogP contribution in [0.25, 0.3) is 0 Å². The molecule has 0 aliphatic carbocycles. The van der Waals surface area contributed by atoms with Crippen LogP contribution in [0, 0.1) is 0 Å². The zero-order valence-electron chi connectivity index (χ0n) is 12.2. The van der Waals surface area contributed by atoms with Crippen molar-refractivity contribution >= 4 is 17.5 Å². The number of hydrogen-bond donors (Lipinski definition) is 2. The predicted octanol–water partition coefficient (Wildman–Crippen LogP) is 2.88. The summed E-state index contributed by atoms with van der Waals surface area (Å²) in [6, 6.07) is 5.57. The molecular formula is C16H22N2O2. The smallest absolute Gasteiger partial charge is 0.251 e. The van der Waals surface area contributed by atoms with E-state index >= 15 is 0 Å². The number of hydrogen-bond acceptors (Lipinski definition) is 2. The van der Waals surface area contributed by atoms with Gasteiger partial charge >= 0.3 is 0 Å². The summed E-state index contributed by atoms with van der Waals surface area (Å²) >= 11 is 0. The third-order valence-corrected chi connectivity index (χ3v) is 3.62. The standard InChI is InChI=1S/C16H22N2O2/c1-3-4-5-6-11(2)17-16(20)13-8-7-12-10-15(19)18-14(12)9-13/h7-9,11H,3-6,10H2,1-2H3,(H,17,20)(H,18,19). The lowest BCUT2D eigenvalue weighted by Gasteiger charge is -2.14. The van der Waals surface area contributed by atoms with Crippen LogP contribution in [0.15, 0.2) is 18.2 Å². The topological polar surface area (TPSA) is 58.2 Å². The first-order valence-electron chi connectivity index (χ1n) is 7.33. The summed E-state index contributed by atoms with van der Waals surface area (Å²) in [5.41, 5.74) is 2.33. The van der Waals surface area contributed by atoms with E-state index in [1.165, 1.54) is 12.8 Å². The number of anilines is 1. The summed E-state index contributed by atoms with van der Waals surface area (Å²) in [4.78, 5) is 23.4. The zero-order valence-corrected chi connectivity index (χ0v) is 12.2. The molecule has 4 nitrogen and oxygen atoms in total. The van der Waals surface area contributed by atoms with E-state index in [1.54, 1.807) is 12.1 Å². The van der Waals surface area contributed by atoms with Gasteiger partial charge in [-0.25, -0.2) is 0 Å². The Bertz CT molecular complexity index is 511. The molecule has 1 atom stereocenters. The molecule has 2 rings (SSSR count). The van der Waals surface area contributed by atoms with Gasteiger partial charge in [-0.15, -0.1) is 0 Å². The lowest BCUT2D eigenvalue weighted by Crippen LogP contribution is -2.32. The summed E-state index contributed by atoms with van der Waals surface area (Å²) in [6.45, 7) is 4.20. The van der Waals surface area contributed by atoms with Gasteiger partial charge in [-0.2, -0.15) is 0 Å². The Hall–Kier alpha value is -1.84. The fourth-order valence-corrected chi connectivity index (χ4v) is 2.44. The average Bonchev–Trinajstić information content (AvgIpc) is 2.77. The Balaban J connectivity index is 1.93. The third kappa shape index (κ3) is 3.59. The van der Waals surface area contributed by atoms with Crippen LogP contribution in [0.5, 0.6) is 0 Å². The monoisotopic (exact) mass is 274 g/mol. The van der Waals surface area contributed by atoms with E-state index in [2.05, 4.69) is 17.6 Å². The fraction of sp³-hybridized carbons (Fsp3) is 0.500. The van der Waals surface area contributed by atoms with Crippen molar-refractivity contribution in [2.45, 2.75) is 52.0 Å². The summed E-state index contributed by atoms with van der Waals surface area (Å²) in [5.74, 6) is -0.0801. The van der Waals surface area contributed by atoms with E-state index in [9.17, 15) is 9.59 Å². The molecular weight excluding hydrogens is 252 g/mol. The minimum absolute atomic E-state index is 0.00880. The molecule has 2 N–H and O–H groups in total. The highest BCUT2D eigenvalue weighted by atomic mass is 16.2. The molecule has 1 unspecified atom stereocenters. The Kier molecular flexibility index (Phi) is 4.77. The highest BCUT2D eigenvalue weighted by Crippen LogP contribution is 2.24. The molecule has 0 spiro atoms. The van der Waals surface area contributed by atoms with Crippen molar-refractivity contribution in [2.75, 3.05) is 5.32 Å². The van der Waals surface area contributed by atoms with E-state index in [1.807, 2.05) is 13.0 Å². The van der Waals surface area contributed by atoms with Gasteiger partial charge in [0.2, 0.25) is 5.91 Å². The quantitative estimate of drug-likeness (QED) is 0.784. The lowest BCUT2D eigenvalue weighted by atomic mass is 10.1. The molecule has 0 saturated heterocycles. The number of carbonyl (C=O) groups excluding carboxylic acids is 2. The van der Waals surface area contributed by atoms with Crippen molar-refractivity contribution in [3.05, 3.63) is 29.3 Å². The normalized spacial score (nSPS) is 14.6. The molecule has 2 amide bonds. The van der Waals surface area contributed by atoms with Gasteiger partial charge in [0.05, 0.1) is 6.42 Å². The van der Waals surface area contributed by atoms with Gasteiger partial charge in [-0.3, -0.25) is 9.59 Å². The maximum Gasteiger partial charge on any atom is 0.251 e. The molecule has 1 aliphatic heterocycles. The zero-order chi connectivity index (χ0) is 14.5. The van der Waals surface area contributed by atoms with Crippen LogP contribution < -0.4 is 10.6 Å². The molecule has 20 heavy (non-hydrogen) atoms. The first-order valence-corrected chi connectivity index (χ1v) is 7.33. The Labute approximate surface area is 119 Å². The van der Waals surface area contributed by atoms with Gasteiger partial charge in [-0.1, -0.05) is 32.3 Å². The van der Waals surface area contributed by atoms with E-state index in [0.717, 1.165) is 24.1 Å². The van der Waals surface area contributed by atoms with Crippen LogP contribution in [0.1, 0.15) is 55.5 Å². The predicted molar refractivity (Wildman–Crippen MR) is 79.8 cm³/mol. The van der Waals surface area contributed by atoms with Crippen molar-refractivity contribution in [3.63, 3.8) is 0 Å². The Morgan fingerprint density at radius 3 is 2.95 bits per heavy atom. The first kappa shape index (κ1) is 14.6. The van der Waals surface area contributed by atoms with Crippen LogP contribution in [0.4, 0.5) is 5.69 Å². The fourth-order valence-electron chi connectivity index (χ4n) is 2.44. The highest BCUT2D eigenvalue weighted by Gasteiger charge is 2.19. The van der Waals surface area contributed by atoms with Crippen molar-refractivity contribution in [2.24, 2.45) is 0 Å². The molecule has 0 radical (unpaired) electrons. The molecule has 1 aliphatic rings. The molecule has 108 valence electrons. The van der Waals surface area contributed by atoms with E-state index in [-0.39, 0.29) is 17.9 Å². The third-order valence-electron chi connectivity index (χ3n) is 3.62. The molecule has 0 fully saturated rings. The van der Waals surface area contributed by atoms with Crippen molar-refractivity contribution in [1.29, 1.82) is 0 Å². The number of benzene rings is 1. The van der Waals surface area contributed by atoms with Gasteiger partial charge in [0.1, 0.15) is 0 Å². The summed E-state index contributed by atoms with van der Waals surface area (Å²) in [6.07, 6.45) is 4.93. The van der Waals surface area contributed by atoms with Gasteiger partial charge in [-0.05, 0) is 31.0 Å². The van der Waals surface area contributed by atoms with Crippen LogP contribution in [-0.4, -0.2) is 17.9 Å². The number of nitrogens with one attached hydrogen (secondary N) is 2. The van der Waals surface area contributed by atoms with E-state index < -0.39 is 0 Å². The second-order valence-electron chi connectivity index (χ2n) is 5.47. The van der Waals surface area contributed by atoms with Crippen molar-refractivity contribution < 1.29 is 9.59 Å². The van der Waals surface area contributed by atoms with E-state index in [4.69, 9.17) is 0 Å². The number of carbonyl (C=O) groups is 2.